The van der Waals surface area contributed by atoms with E-state index in [-0.39, 0.29) is 5.69 Å². The van der Waals surface area contributed by atoms with Crippen LogP contribution in [0.5, 0.6) is 0 Å². The molecule has 1 aromatic carbocycles. The van der Waals surface area contributed by atoms with Crippen LogP contribution in [0.1, 0.15) is 16.1 Å². The molecule has 0 bridgehead atoms. The van der Waals surface area contributed by atoms with Crippen molar-refractivity contribution >= 4 is 17.7 Å². The van der Waals surface area contributed by atoms with Gasteiger partial charge in [-0.2, -0.15) is 0 Å². The smallest absolute Gasteiger partial charge is 0.358 e. The van der Waals surface area contributed by atoms with Gasteiger partial charge in [-0.15, -0.1) is 11.8 Å². The molecule has 0 saturated heterocycles. The van der Waals surface area contributed by atoms with Crippen LogP contribution in [0.15, 0.2) is 47.8 Å². The number of hydrogen-bond acceptors (Lipinski definition) is 5. The summed E-state index contributed by atoms with van der Waals surface area (Å²) >= 11 is 1.58. The van der Waals surface area contributed by atoms with Gasteiger partial charge in [-0.3, -0.25) is 0 Å². The second kappa shape index (κ2) is 6.16. The average molecular weight is 260 g/mol. The van der Waals surface area contributed by atoms with Crippen LogP contribution in [-0.2, 0) is 10.5 Å². The Morgan fingerprint density at radius 3 is 2.61 bits per heavy atom. The Balaban J connectivity index is 1.97. The molecule has 0 aliphatic rings. The van der Waals surface area contributed by atoms with E-state index < -0.39 is 5.97 Å². The molecule has 1 aromatic heterocycles. The van der Waals surface area contributed by atoms with Crippen molar-refractivity contribution in [2.75, 3.05) is 7.11 Å². The van der Waals surface area contributed by atoms with E-state index >= 15 is 0 Å². The number of hydrogen-bond donors (Lipinski definition) is 0. The van der Waals surface area contributed by atoms with E-state index in [0.29, 0.717) is 0 Å². The predicted octanol–water partition coefficient (Wildman–Crippen LogP) is 2.56. The van der Waals surface area contributed by atoms with Gasteiger partial charge < -0.3 is 4.74 Å². The van der Waals surface area contributed by atoms with Gasteiger partial charge >= 0.3 is 5.97 Å². The van der Waals surface area contributed by atoms with Crippen LogP contribution in [0, 0.1) is 0 Å². The third-order valence-corrected chi connectivity index (χ3v) is 3.24. The summed E-state index contributed by atoms with van der Waals surface area (Å²) in [5.74, 6) is 0.356. The standard InChI is InChI=1S/C13H12N2O2S/c1-17-13(16)11-7-15-12(8-14-11)18-9-10-5-3-2-4-6-10/h2-8H,9H2,1H3. The molecule has 0 unspecified atom stereocenters. The Hall–Kier alpha value is -1.88. The van der Waals surface area contributed by atoms with Crippen molar-refractivity contribution in [2.24, 2.45) is 0 Å². The molecule has 2 aromatic rings. The number of methoxy groups -OCH3 is 1. The zero-order valence-corrected chi connectivity index (χ0v) is 10.7. The number of rotatable bonds is 4. The van der Waals surface area contributed by atoms with Gasteiger partial charge in [0.15, 0.2) is 5.69 Å². The summed E-state index contributed by atoms with van der Waals surface area (Å²) in [5.41, 5.74) is 1.45. The Labute approximate surface area is 109 Å². The lowest BCUT2D eigenvalue weighted by Crippen LogP contribution is -2.04. The van der Waals surface area contributed by atoms with E-state index in [9.17, 15) is 4.79 Å². The summed E-state index contributed by atoms with van der Waals surface area (Å²) in [6, 6.07) is 10.1. The third-order valence-electron chi connectivity index (χ3n) is 2.25. The molecule has 0 aliphatic carbocycles. The second-order valence-corrected chi connectivity index (χ2v) is 4.50. The second-order valence-electron chi connectivity index (χ2n) is 3.51. The highest BCUT2D eigenvalue weighted by molar-refractivity contribution is 7.98. The van der Waals surface area contributed by atoms with Gasteiger partial charge in [-0.1, -0.05) is 30.3 Å². The van der Waals surface area contributed by atoms with Crippen LogP contribution < -0.4 is 0 Å². The van der Waals surface area contributed by atoms with Crippen molar-refractivity contribution in [1.29, 1.82) is 0 Å². The quantitative estimate of drug-likeness (QED) is 0.624. The summed E-state index contributed by atoms with van der Waals surface area (Å²) < 4.78 is 4.56. The monoisotopic (exact) mass is 260 g/mol. The molecule has 0 spiro atoms. The van der Waals surface area contributed by atoms with E-state index in [1.54, 1.807) is 18.0 Å². The summed E-state index contributed by atoms with van der Waals surface area (Å²) in [7, 11) is 1.32. The zero-order chi connectivity index (χ0) is 12.8. The summed E-state index contributed by atoms with van der Waals surface area (Å²) in [5, 5.41) is 0.784. The van der Waals surface area contributed by atoms with Crippen molar-refractivity contribution in [3.8, 4) is 0 Å². The summed E-state index contributed by atoms with van der Waals surface area (Å²) in [6.07, 6.45) is 3.01. The minimum Gasteiger partial charge on any atom is -0.464 e. The van der Waals surface area contributed by atoms with Gasteiger partial charge in [0.25, 0.3) is 0 Å². The number of esters is 1. The molecule has 4 nitrogen and oxygen atoms in total. The topological polar surface area (TPSA) is 52.1 Å². The van der Waals surface area contributed by atoms with Gasteiger partial charge in [-0.25, -0.2) is 14.8 Å². The zero-order valence-electron chi connectivity index (χ0n) is 9.87. The van der Waals surface area contributed by atoms with Crippen molar-refractivity contribution in [3.05, 3.63) is 54.0 Å². The molecule has 0 atom stereocenters. The van der Waals surface area contributed by atoms with Gasteiger partial charge in [-0.05, 0) is 5.56 Å². The van der Waals surface area contributed by atoms with E-state index in [4.69, 9.17) is 0 Å². The lowest BCUT2D eigenvalue weighted by molar-refractivity contribution is 0.0593. The van der Waals surface area contributed by atoms with Gasteiger partial charge in [0.2, 0.25) is 0 Å². The van der Waals surface area contributed by atoms with E-state index in [1.807, 2.05) is 18.2 Å². The maximum atomic E-state index is 11.2. The molecular formula is C13H12N2O2S. The number of benzene rings is 1. The van der Waals surface area contributed by atoms with Crippen molar-refractivity contribution in [3.63, 3.8) is 0 Å². The highest BCUT2D eigenvalue weighted by Gasteiger charge is 2.07. The van der Waals surface area contributed by atoms with Crippen LogP contribution in [-0.4, -0.2) is 23.0 Å². The van der Waals surface area contributed by atoms with Gasteiger partial charge in [0.1, 0.15) is 5.03 Å². The number of thioether (sulfide) groups is 1. The molecule has 0 aliphatic heterocycles. The van der Waals surface area contributed by atoms with Gasteiger partial charge in [0, 0.05) is 5.75 Å². The van der Waals surface area contributed by atoms with Crippen molar-refractivity contribution in [1.82, 2.24) is 9.97 Å². The molecule has 0 radical (unpaired) electrons. The molecule has 5 heteroatoms. The fourth-order valence-electron chi connectivity index (χ4n) is 1.33. The van der Waals surface area contributed by atoms with E-state index in [2.05, 4.69) is 26.8 Å². The lowest BCUT2D eigenvalue weighted by atomic mass is 10.2. The average Bonchev–Trinajstić information content (AvgIpc) is 2.46. The molecule has 1 heterocycles. The highest BCUT2D eigenvalue weighted by atomic mass is 32.2. The van der Waals surface area contributed by atoms with Crippen LogP contribution in [0.25, 0.3) is 0 Å². The first kappa shape index (κ1) is 12.6. The molecule has 2 rings (SSSR count). The summed E-state index contributed by atoms with van der Waals surface area (Å²) in [6.45, 7) is 0. The molecule has 0 amide bonds. The minimum absolute atomic E-state index is 0.224. The number of carbonyl (C=O) groups excluding carboxylic acids is 1. The van der Waals surface area contributed by atoms with Crippen LogP contribution >= 0.6 is 11.8 Å². The SMILES string of the molecule is COC(=O)c1cnc(SCc2ccccc2)cn1. The van der Waals surface area contributed by atoms with Gasteiger partial charge in [0.05, 0.1) is 19.5 Å². The molecule has 92 valence electrons. The number of carbonyl (C=O) groups is 1. The van der Waals surface area contributed by atoms with E-state index in [1.165, 1.54) is 18.9 Å². The predicted molar refractivity (Wildman–Crippen MR) is 69.4 cm³/mol. The van der Waals surface area contributed by atoms with Crippen LogP contribution in [0.4, 0.5) is 0 Å². The normalized spacial score (nSPS) is 10.1. The number of nitrogens with zero attached hydrogens (tertiary/aromatic N) is 2. The Bertz CT molecular complexity index is 514. The molecule has 18 heavy (non-hydrogen) atoms. The lowest BCUT2D eigenvalue weighted by Gasteiger charge is -2.02. The van der Waals surface area contributed by atoms with Crippen LogP contribution in [0.3, 0.4) is 0 Å². The number of aromatic nitrogens is 2. The molecular weight excluding hydrogens is 248 g/mol. The maximum absolute atomic E-state index is 11.2. The van der Waals surface area contributed by atoms with Crippen LogP contribution in [0.2, 0.25) is 0 Å². The van der Waals surface area contributed by atoms with Crippen molar-refractivity contribution < 1.29 is 9.53 Å². The summed E-state index contributed by atoms with van der Waals surface area (Å²) in [4.78, 5) is 19.3. The highest BCUT2D eigenvalue weighted by Crippen LogP contribution is 2.19. The Morgan fingerprint density at radius 1 is 1.22 bits per heavy atom. The first-order chi connectivity index (χ1) is 8.79. The Kier molecular flexibility index (Phi) is 4.30. The molecule has 0 saturated carbocycles. The third kappa shape index (κ3) is 3.30. The maximum Gasteiger partial charge on any atom is 0.358 e. The fourth-order valence-corrected chi connectivity index (χ4v) is 2.09. The fraction of sp³-hybridized carbons (Fsp3) is 0.154. The first-order valence-electron chi connectivity index (χ1n) is 5.36. The molecule has 0 N–H and O–H groups in total. The van der Waals surface area contributed by atoms with E-state index in [0.717, 1.165) is 10.8 Å². The molecule has 0 fully saturated rings. The minimum atomic E-state index is -0.470. The first-order valence-corrected chi connectivity index (χ1v) is 6.35. The number of ether oxygens (including phenoxy) is 1. The van der Waals surface area contributed by atoms with Crippen molar-refractivity contribution in [2.45, 2.75) is 10.8 Å². The Morgan fingerprint density at radius 2 is 2.00 bits per heavy atom. The largest absolute Gasteiger partial charge is 0.464 e.